The van der Waals surface area contributed by atoms with E-state index in [1.165, 1.54) is 0 Å². The van der Waals surface area contributed by atoms with E-state index in [4.69, 9.17) is 18.9 Å². The summed E-state index contributed by atoms with van der Waals surface area (Å²) in [6.45, 7) is 9.92. The number of benzene rings is 1. The van der Waals surface area contributed by atoms with Crippen LogP contribution in [-0.2, 0) is 17.6 Å². The molecule has 1 N–H and O–H groups in total. The Kier molecular flexibility index (Phi) is 6.28. The Bertz CT molecular complexity index is 843. The molecule has 5 heteroatoms. The zero-order valence-corrected chi connectivity index (χ0v) is 19.8. The molecule has 1 aromatic rings. The molecule has 0 aromatic heterocycles. The summed E-state index contributed by atoms with van der Waals surface area (Å²) in [5, 5.41) is 11.0. The number of ether oxygens (including phenoxy) is 4. The van der Waals surface area contributed by atoms with Gasteiger partial charge in [-0.25, -0.2) is 0 Å². The fraction of sp³-hybridized carbons (Fsp3) is 0.692. The van der Waals surface area contributed by atoms with Gasteiger partial charge in [-0.15, -0.1) is 0 Å². The van der Waals surface area contributed by atoms with E-state index in [1.54, 1.807) is 7.11 Å². The quantitative estimate of drug-likeness (QED) is 0.508. The number of methoxy groups -OCH3 is 1. The fourth-order valence-corrected chi connectivity index (χ4v) is 5.23. The molecule has 1 aliphatic carbocycles. The van der Waals surface area contributed by atoms with Gasteiger partial charge in [0.2, 0.25) is 0 Å². The van der Waals surface area contributed by atoms with Gasteiger partial charge >= 0.3 is 0 Å². The predicted octanol–water partition coefficient (Wildman–Crippen LogP) is 5.01. The zero-order chi connectivity index (χ0) is 22.2. The van der Waals surface area contributed by atoms with E-state index in [0.29, 0.717) is 13.0 Å². The first-order valence-electron chi connectivity index (χ1n) is 11.8. The van der Waals surface area contributed by atoms with Gasteiger partial charge in [-0.3, -0.25) is 0 Å². The lowest BCUT2D eigenvalue weighted by Crippen LogP contribution is -2.41. The highest BCUT2D eigenvalue weighted by molar-refractivity contribution is 5.60. The van der Waals surface area contributed by atoms with Gasteiger partial charge in [-0.1, -0.05) is 26.3 Å². The van der Waals surface area contributed by atoms with Gasteiger partial charge in [0.1, 0.15) is 22.8 Å². The van der Waals surface area contributed by atoms with Crippen LogP contribution in [0.2, 0.25) is 0 Å². The molecule has 0 bridgehead atoms. The summed E-state index contributed by atoms with van der Waals surface area (Å²) in [4.78, 5) is 0. The van der Waals surface area contributed by atoms with Crippen LogP contribution >= 0.6 is 0 Å². The molecular weight excluding hydrogens is 392 g/mol. The summed E-state index contributed by atoms with van der Waals surface area (Å²) in [6.07, 6.45) is 8.18. The molecule has 0 saturated heterocycles. The number of unbranched alkanes of at least 4 members (excludes halogenated alkanes) is 1. The average molecular weight is 431 g/mol. The maximum atomic E-state index is 11.0. The Morgan fingerprint density at radius 2 is 2.03 bits per heavy atom. The standard InChI is InChI=1S/C26H38O5/c1-6-7-12-29-17-8-9-20(21(27)13-17)26(4)15-19-22(28-5)14-23-18(24(19)30-16-26)10-11-25(2,3)31-23/h9,14,17,21,27H,6-8,10-13,15-16H2,1-5H3. The Morgan fingerprint density at radius 1 is 1.23 bits per heavy atom. The van der Waals surface area contributed by atoms with Crippen LogP contribution in [0.5, 0.6) is 17.2 Å². The molecule has 3 aliphatic rings. The van der Waals surface area contributed by atoms with Crippen molar-refractivity contribution in [3.8, 4) is 17.2 Å². The van der Waals surface area contributed by atoms with Crippen LogP contribution in [0.4, 0.5) is 0 Å². The lowest BCUT2D eigenvalue weighted by Gasteiger charge is -2.43. The highest BCUT2D eigenvalue weighted by Crippen LogP contribution is 2.51. The van der Waals surface area contributed by atoms with Crippen molar-refractivity contribution in [2.45, 2.75) is 90.4 Å². The van der Waals surface area contributed by atoms with Gasteiger partial charge in [-0.05, 0) is 51.5 Å². The summed E-state index contributed by atoms with van der Waals surface area (Å²) in [7, 11) is 1.70. The number of aliphatic hydroxyl groups excluding tert-OH is 1. The van der Waals surface area contributed by atoms with Crippen molar-refractivity contribution in [1.29, 1.82) is 0 Å². The van der Waals surface area contributed by atoms with E-state index in [2.05, 4.69) is 33.8 Å². The molecule has 2 heterocycles. The normalized spacial score (nSPS) is 29.2. The molecule has 0 radical (unpaired) electrons. The second kappa shape index (κ2) is 8.67. The Balaban J connectivity index is 1.58. The summed E-state index contributed by atoms with van der Waals surface area (Å²) < 4.78 is 24.4. The highest BCUT2D eigenvalue weighted by Gasteiger charge is 2.43. The van der Waals surface area contributed by atoms with Crippen molar-refractivity contribution in [3.63, 3.8) is 0 Å². The van der Waals surface area contributed by atoms with Crippen molar-refractivity contribution in [2.75, 3.05) is 20.3 Å². The van der Waals surface area contributed by atoms with Gasteiger partial charge in [-0.2, -0.15) is 0 Å². The van der Waals surface area contributed by atoms with Crippen molar-refractivity contribution >= 4 is 0 Å². The second-order valence-electron chi connectivity index (χ2n) is 10.2. The third-order valence-corrected chi connectivity index (χ3v) is 7.08. The topological polar surface area (TPSA) is 57.2 Å². The van der Waals surface area contributed by atoms with Crippen LogP contribution in [0, 0.1) is 5.41 Å². The molecule has 172 valence electrons. The van der Waals surface area contributed by atoms with E-state index >= 15 is 0 Å². The lowest BCUT2D eigenvalue weighted by atomic mass is 9.70. The molecule has 1 aromatic carbocycles. The summed E-state index contributed by atoms with van der Waals surface area (Å²) in [6, 6.07) is 2.02. The Labute approximate surface area is 186 Å². The second-order valence-corrected chi connectivity index (χ2v) is 10.2. The first-order valence-corrected chi connectivity index (χ1v) is 11.8. The van der Waals surface area contributed by atoms with Crippen LogP contribution < -0.4 is 14.2 Å². The number of rotatable bonds is 6. The molecular formula is C26H38O5. The maximum Gasteiger partial charge on any atom is 0.133 e. The maximum absolute atomic E-state index is 11.0. The van der Waals surface area contributed by atoms with E-state index in [1.807, 2.05) is 6.07 Å². The first kappa shape index (κ1) is 22.5. The van der Waals surface area contributed by atoms with Crippen LogP contribution in [-0.4, -0.2) is 43.2 Å². The van der Waals surface area contributed by atoms with Gasteiger partial charge in [0, 0.05) is 35.6 Å². The third-order valence-electron chi connectivity index (χ3n) is 7.08. The zero-order valence-electron chi connectivity index (χ0n) is 19.8. The van der Waals surface area contributed by atoms with Crippen LogP contribution in [0.15, 0.2) is 17.7 Å². The molecule has 0 saturated carbocycles. The molecule has 2 aliphatic heterocycles. The Hall–Kier alpha value is -1.72. The fourth-order valence-electron chi connectivity index (χ4n) is 5.23. The van der Waals surface area contributed by atoms with Crippen molar-refractivity contribution < 1.29 is 24.1 Å². The summed E-state index contributed by atoms with van der Waals surface area (Å²) >= 11 is 0. The van der Waals surface area contributed by atoms with Crippen LogP contribution in [0.3, 0.4) is 0 Å². The highest BCUT2D eigenvalue weighted by atomic mass is 16.5. The molecule has 31 heavy (non-hydrogen) atoms. The van der Waals surface area contributed by atoms with E-state index in [-0.39, 0.29) is 17.1 Å². The van der Waals surface area contributed by atoms with Gasteiger partial charge in [0.25, 0.3) is 0 Å². The molecule has 5 nitrogen and oxygen atoms in total. The minimum atomic E-state index is -0.497. The number of hydrogen-bond acceptors (Lipinski definition) is 5. The minimum absolute atomic E-state index is 0.104. The third kappa shape index (κ3) is 4.45. The van der Waals surface area contributed by atoms with Gasteiger partial charge in [0.15, 0.2) is 0 Å². The lowest BCUT2D eigenvalue weighted by molar-refractivity contribution is 0.00618. The van der Waals surface area contributed by atoms with Crippen molar-refractivity contribution in [1.82, 2.24) is 0 Å². The van der Waals surface area contributed by atoms with Gasteiger partial charge in [0.05, 0.1) is 25.9 Å². The molecule has 0 fully saturated rings. The largest absolute Gasteiger partial charge is 0.496 e. The van der Waals surface area contributed by atoms with E-state index in [0.717, 1.165) is 79.1 Å². The molecule has 0 amide bonds. The summed E-state index contributed by atoms with van der Waals surface area (Å²) in [5.74, 6) is 2.61. The van der Waals surface area contributed by atoms with E-state index < -0.39 is 6.10 Å². The number of fused-ring (bicyclic) bond motifs is 3. The molecule has 4 rings (SSSR count). The summed E-state index contributed by atoms with van der Waals surface area (Å²) in [5.41, 5.74) is 2.87. The van der Waals surface area contributed by atoms with Gasteiger partial charge < -0.3 is 24.1 Å². The first-order chi connectivity index (χ1) is 14.8. The average Bonchev–Trinajstić information content (AvgIpc) is 2.72. The number of hydrogen-bond donors (Lipinski definition) is 1. The Morgan fingerprint density at radius 3 is 2.74 bits per heavy atom. The SMILES string of the molecule is CCCCOC1CC=C(C2(C)COc3c(c(OC)cc4c3CCC(C)(C)O4)C2)C(O)C1. The molecule has 3 atom stereocenters. The van der Waals surface area contributed by atoms with Crippen molar-refractivity contribution in [3.05, 3.63) is 28.8 Å². The van der Waals surface area contributed by atoms with Crippen LogP contribution in [0.25, 0.3) is 0 Å². The minimum Gasteiger partial charge on any atom is -0.496 e. The smallest absolute Gasteiger partial charge is 0.133 e. The monoisotopic (exact) mass is 430 g/mol. The number of aliphatic hydroxyl groups is 1. The van der Waals surface area contributed by atoms with Crippen LogP contribution in [0.1, 0.15) is 70.9 Å². The predicted molar refractivity (Wildman–Crippen MR) is 121 cm³/mol. The van der Waals surface area contributed by atoms with E-state index in [9.17, 15) is 5.11 Å². The van der Waals surface area contributed by atoms with Crippen molar-refractivity contribution in [2.24, 2.45) is 5.41 Å². The molecule has 0 spiro atoms. The molecule has 3 unspecified atom stereocenters.